The molecule has 0 saturated carbocycles. The van der Waals surface area contributed by atoms with E-state index in [2.05, 4.69) is 104 Å². The van der Waals surface area contributed by atoms with Crippen molar-refractivity contribution in [2.75, 3.05) is 0 Å². The topological polar surface area (TPSA) is 3.88 Å². The number of hydrogen-bond acceptors (Lipinski definition) is 0. The van der Waals surface area contributed by atoms with Gasteiger partial charge in [-0.2, -0.15) is 0 Å². The Kier molecular flexibility index (Phi) is 3.29. The van der Waals surface area contributed by atoms with Crippen molar-refractivity contribution >= 4 is 32.3 Å². The second kappa shape index (κ2) is 5.67. The third kappa shape index (κ3) is 2.14. The summed E-state index contributed by atoms with van der Waals surface area (Å²) in [6, 6.07) is 28.6. The van der Waals surface area contributed by atoms with Gasteiger partial charge in [0.2, 0.25) is 5.69 Å². The molecule has 0 saturated heterocycles. The second-order valence-corrected chi connectivity index (χ2v) is 6.98. The molecule has 5 aromatic rings. The first-order valence-electron chi connectivity index (χ1n) is 9.03. The third-order valence-corrected chi connectivity index (χ3v) is 5.51. The van der Waals surface area contributed by atoms with Crippen LogP contribution in [0.3, 0.4) is 0 Å². The van der Waals surface area contributed by atoms with E-state index in [0.717, 1.165) is 0 Å². The molecule has 1 aromatic heterocycles. The van der Waals surface area contributed by atoms with E-state index in [1.54, 1.807) is 0 Å². The Morgan fingerprint density at radius 3 is 2.23 bits per heavy atom. The summed E-state index contributed by atoms with van der Waals surface area (Å²) in [4.78, 5) is 0. The van der Waals surface area contributed by atoms with Gasteiger partial charge < -0.3 is 0 Å². The average Bonchev–Trinajstić information content (AvgIpc) is 2.68. The van der Waals surface area contributed by atoms with E-state index in [9.17, 15) is 0 Å². The van der Waals surface area contributed by atoms with E-state index in [0.29, 0.717) is 0 Å². The van der Waals surface area contributed by atoms with Crippen LogP contribution in [0.15, 0.2) is 85.1 Å². The Morgan fingerprint density at radius 2 is 1.35 bits per heavy atom. The Balaban J connectivity index is 1.91. The van der Waals surface area contributed by atoms with Gasteiger partial charge in [-0.25, -0.2) is 4.57 Å². The van der Waals surface area contributed by atoms with Crippen LogP contribution in [-0.4, -0.2) is 0 Å². The van der Waals surface area contributed by atoms with E-state index in [-0.39, 0.29) is 0 Å². The zero-order chi connectivity index (χ0) is 17.7. The van der Waals surface area contributed by atoms with E-state index >= 15 is 0 Å². The SMILES string of the molecule is Cc1c(-c2cccc[n+]2C)ccc2c1ccc1ccc3ccccc3c12. The number of nitrogens with zero attached hydrogens (tertiary/aromatic N) is 1. The molecule has 26 heavy (non-hydrogen) atoms. The summed E-state index contributed by atoms with van der Waals surface area (Å²) in [7, 11) is 2.10. The number of hydrogen-bond donors (Lipinski definition) is 0. The summed E-state index contributed by atoms with van der Waals surface area (Å²) in [6.07, 6.45) is 2.10. The van der Waals surface area contributed by atoms with Gasteiger partial charge in [0.1, 0.15) is 7.05 Å². The Bertz CT molecular complexity index is 1300. The number of pyridine rings is 1. The lowest BCUT2D eigenvalue weighted by atomic mass is 9.92. The van der Waals surface area contributed by atoms with Crippen LogP contribution in [0.25, 0.3) is 43.6 Å². The second-order valence-electron chi connectivity index (χ2n) is 6.98. The summed E-state index contributed by atoms with van der Waals surface area (Å²) in [5.41, 5.74) is 3.87. The van der Waals surface area contributed by atoms with Crippen LogP contribution >= 0.6 is 0 Å². The molecule has 0 amide bonds. The lowest BCUT2D eigenvalue weighted by Crippen LogP contribution is -2.30. The molecule has 1 nitrogen and oxygen atoms in total. The molecule has 0 bridgehead atoms. The maximum Gasteiger partial charge on any atom is 0.212 e. The van der Waals surface area contributed by atoms with Crippen molar-refractivity contribution in [2.24, 2.45) is 7.05 Å². The Labute approximate surface area is 153 Å². The molecular formula is C25H20N+. The standard InChI is InChI=1S/C25H20N/c1-17-20-13-12-19-11-10-18-7-3-4-8-22(18)25(19)23(20)15-14-21(17)24-9-5-6-16-26(24)2/h3-16H,1-2H3/q+1. The number of rotatable bonds is 1. The maximum absolute atomic E-state index is 2.29. The highest BCUT2D eigenvalue weighted by atomic mass is 14.9. The van der Waals surface area contributed by atoms with Crippen molar-refractivity contribution < 1.29 is 4.57 Å². The Hall–Kier alpha value is -3.19. The number of aryl methyl sites for hydroxylation is 2. The summed E-state index contributed by atoms with van der Waals surface area (Å²) < 4.78 is 2.19. The van der Waals surface area contributed by atoms with Gasteiger partial charge in [0.15, 0.2) is 6.20 Å². The molecule has 5 rings (SSSR count). The molecule has 0 atom stereocenters. The minimum Gasteiger partial charge on any atom is -0.201 e. The molecule has 0 spiro atoms. The lowest BCUT2D eigenvalue weighted by Gasteiger charge is -2.12. The van der Waals surface area contributed by atoms with E-state index < -0.39 is 0 Å². The lowest BCUT2D eigenvalue weighted by molar-refractivity contribution is -0.660. The first-order chi connectivity index (χ1) is 12.7. The monoisotopic (exact) mass is 334 g/mol. The van der Waals surface area contributed by atoms with E-state index in [1.807, 2.05) is 0 Å². The zero-order valence-corrected chi connectivity index (χ0v) is 15.0. The van der Waals surface area contributed by atoms with E-state index in [4.69, 9.17) is 0 Å². The molecule has 124 valence electrons. The highest BCUT2D eigenvalue weighted by Gasteiger charge is 2.15. The van der Waals surface area contributed by atoms with Gasteiger partial charge in [-0.1, -0.05) is 54.6 Å². The van der Waals surface area contributed by atoms with Crippen molar-refractivity contribution in [1.29, 1.82) is 0 Å². The quantitative estimate of drug-likeness (QED) is 0.263. The van der Waals surface area contributed by atoms with Gasteiger partial charge in [0, 0.05) is 17.7 Å². The molecule has 0 N–H and O–H groups in total. The van der Waals surface area contributed by atoms with Crippen LogP contribution in [0, 0.1) is 6.92 Å². The van der Waals surface area contributed by atoms with E-state index in [1.165, 1.54) is 49.1 Å². The normalized spacial score (nSPS) is 11.5. The molecule has 1 heterocycles. The summed E-state index contributed by atoms with van der Waals surface area (Å²) in [5.74, 6) is 0. The molecular weight excluding hydrogens is 314 g/mol. The molecule has 0 aliphatic heterocycles. The van der Waals surface area contributed by atoms with Gasteiger partial charge in [-0.15, -0.1) is 0 Å². The first kappa shape index (κ1) is 15.1. The van der Waals surface area contributed by atoms with Crippen LogP contribution in [0.1, 0.15) is 5.56 Å². The van der Waals surface area contributed by atoms with Gasteiger partial charge in [0.05, 0.1) is 0 Å². The predicted molar refractivity (Wildman–Crippen MR) is 110 cm³/mol. The predicted octanol–water partition coefficient (Wildman–Crippen LogP) is 5.95. The minimum atomic E-state index is 1.24. The average molecular weight is 334 g/mol. The molecule has 0 fully saturated rings. The van der Waals surface area contributed by atoms with Crippen LogP contribution in [0.2, 0.25) is 0 Å². The Morgan fingerprint density at radius 1 is 0.615 bits per heavy atom. The van der Waals surface area contributed by atoms with Gasteiger partial charge >= 0.3 is 0 Å². The van der Waals surface area contributed by atoms with Gasteiger partial charge in [-0.3, -0.25) is 0 Å². The van der Waals surface area contributed by atoms with Crippen molar-refractivity contribution in [1.82, 2.24) is 0 Å². The van der Waals surface area contributed by atoms with Crippen LogP contribution in [0.5, 0.6) is 0 Å². The fraction of sp³-hybridized carbons (Fsp3) is 0.0800. The third-order valence-electron chi connectivity index (χ3n) is 5.51. The molecule has 1 heteroatoms. The summed E-state index contributed by atoms with van der Waals surface area (Å²) >= 11 is 0. The smallest absolute Gasteiger partial charge is 0.201 e. The molecule has 0 aliphatic rings. The zero-order valence-electron chi connectivity index (χ0n) is 15.0. The van der Waals surface area contributed by atoms with Gasteiger partial charge in [-0.05, 0) is 56.9 Å². The molecule has 4 aromatic carbocycles. The fourth-order valence-electron chi connectivity index (χ4n) is 4.14. The number of aromatic nitrogens is 1. The van der Waals surface area contributed by atoms with Crippen molar-refractivity contribution in [3.8, 4) is 11.3 Å². The minimum absolute atomic E-state index is 1.24. The van der Waals surface area contributed by atoms with Crippen LogP contribution in [0.4, 0.5) is 0 Å². The van der Waals surface area contributed by atoms with Crippen LogP contribution in [-0.2, 0) is 7.05 Å². The summed E-state index contributed by atoms with van der Waals surface area (Å²) in [5, 5.41) is 7.94. The van der Waals surface area contributed by atoms with Crippen molar-refractivity contribution in [3.63, 3.8) is 0 Å². The highest BCUT2D eigenvalue weighted by Crippen LogP contribution is 2.36. The first-order valence-corrected chi connectivity index (χ1v) is 9.03. The highest BCUT2D eigenvalue weighted by molar-refractivity contribution is 6.21. The summed E-state index contributed by atoms with van der Waals surface area (Å²) in [6.45, 7) is 2.24. The molecule has 0 aliphatic carbocycles. The van der Waals surface area contributed by atoms with Gasteiger partial charge in [0.25, 0.3) is 0 Å². The van der Waals surface area contributed by atoms with Crippen molar-refractivity contribution in [2.45, 2.75) is 6.92 Å². The number of fused-ring (bicyclic) bond motifs is 5. The fourth-order valence-corrected chi connectivity index (χ4v) is 4.14. The molecule has 0 unspecified atom stereocenters. The largest absolute Gasteiger partial charge is 0.212 e. The number of benzene rings is 4. The maximum atomic E-state index is 2.29. The van der Waals surface area contributed by atoms with Crippen LogP contribution < -0.4 is 4.57 Å². The molecule has 0 radical (unpaired) electrons. The van der Waals surface area contributed by atoms with Crippen molar-refractivity contribution in [3.05, 3.63) is 90.6 Å².